The number of hydrogen-bond acceptors (Lipinski definition) is 1. The molecule has 0 bridgehead atoms. The Morgan fingerprint density at radius 2 is 0.766 bits per heavy atom. The summed E-state index contributed by atoms with van der Waals surface area (Å²) in [6.07, 6.45) is 0. The van der Waals surface area contributed by atoms with Gasteiger partial charge >= 0.3 is 0 Å². The maximum absolute atomic E-state index is 2.41. The highest BCUT2D eigenvalue weighted by Crippen LogP contribution is 2.44. The van der Waals surface area contributed by atoms with Crippen LogP contribution in [0.2, 0.25) is 0 Å². The largest absolute Gasteiger partial charge is 0.310 e. The normalized spacial score (nSPS) is 11.4. The van der Waals surface area contributed by atoms with E-state index in [4.69, 9.17) is 0 Å². The Labute approximate surface area is 274 Å². The fourth-order valence-corrected chi connectivity index (χ4v) is 7.08. The third-order valence-corrected chi connectivity index (χ3v) is 9.41. The molecule has 0 heterocycles. The van der Waals surface area contributed by atoms with Gasteiger partial charge in [0, 0.05) is 16.8 Å². The van der Waals surface area contributed by atoms with Crippen molar-refractivity contribution in [2.75, 3.05) is 4.90 Å². The van der Waals surface area contributed by atoms with Gasteiger partial charge in [-0.25, -0.2) is 0 Å². The van der Waals surface area contributed by atoms with E-state index < -0.39 is 0 Å². The minimum absolute atomic E-state index is 1.12. The van der Waals surface area contributed by atoms with Crippen molar-refractivity contribution in [3.63, 3.8) is 0 Å². The van der Waals surface area contributed by atoms with Crippen LogP contribution in [0.3, 0.4) is 0 Å². The van der Waals surface area contributed by atoms with Crippen LogP contribution in [0.5, 0.6) is 0 Å². The molecule has 0 aromatic heterocycles. The Hall–Kier alpha value is -6.18. The van der Waals surface area contributed by atoms with Gasteiger partial charge in [-0.2, -0.15) is 0 Å². The molecular formula is C46H31N. The highest BCUT2D eigenvalue weighted by molar-refractivity contribution is 6.23. The molecule has 0 fully saturated rings. The van der Waals surface area contributed by atoms with Gasteiger partial charge in [0.25, 0.3) is 0 Å². The summed E-state index contributed by atoms with van der Waals surface area (Å²) in [4.78, 5) is 2.41. The van der Waals surface area contributed by atoms with E-state index >= 15 is 0 Å². The van der Waals surface area contributed by atoms with E-state index in [1.165, 1.54) is 65.3 Å². The zero-order chi connectivity index (χ0) is 31.2. The molecule has 0 spiro atoms. The molecule has 0 radical (unpaired) electrons. The molecule has 9 aromatic carbocycles. The van der Waals surface area contributed by atoms with Crippen molar-refractivity contribution in [2.45, 2.75) is 0 Å². The molecule has 0 unspecified atom stereocenters. The van der Waals surface area contributed by atoms with E-state index in [1.54, 1.807) is 0 Å². The molecule has 0 amide bonds. The van der Waals surface area contributed by atoms with Crippen molar-refractivity contribution >= 4 is 60.2 Å². The zero-order valence-electron chi connectivity index (χ0n) is 25.8. The second-order valence-electron chi connectivity index (χ2n) is 12.2. The molecule has 0 aliphatic carbocycles. The average molecular weight is 598 g/mol. The third kappa shape index (κ3) is 4.81. The topological polar surface area (TPSA) is 3.24 Å². The van der Waals surface area contributed by atoms with Gasteiger partial charge in [-0.15, -0.1) is 0 Å². The second kappa shape index (κ2) is 11.3. The lowest BCUT2D eigenvalue weighted by atomic mass is 9.94. The standard InChI is InChI=1S/C46H31N/c1-2-10-32(11-3-1)34-22-26-40(27-23-34)47(41-28-24-35(25-29-41)38-20-18-33-12-4-5-14-37(33)30-38)45-31-39-21-19-36-13-6-7-15-42(36)46(39)44-17-9-8-16-43(44)45/h1-31H. The van der Waals surface area contributed by atoms with E-state index in [-0.39, 0.29) is 0 Å². The number of rotatable bonds is 5. The van der Waals surface area contributed by atoms with Crippen LogP contribution in [0, 0.1) is 0 Å². The van der Waals surface area contributed by atoms with Crippen molar-refractivity contribution in [1.29, 1.82) is 0 Å². The first kappa shape index (κ1) is 27.2. The van der Waals surface area contributed by atoms with E-state index in [2.05, 4.69) is 193 Å². The minimum atomic E-state index is 1.12. The Morgan fingerprint density at radius 3 is 1.49 bits per heavy atom. The summed E-state index contributed by atoms with van der Waals surface area (Å²) in [7, 11) is 0. The maximum Gasteiger partial charge on any atom is 0.0546 e. The van der Waals surface area contributed by atoms with Gasteiger partial charge in [-0.3, -0.25) is 0 Å². The van der Waals surface area contributed by atoms with Gasteiger partial charge in [0.1, 0.15) is 0 Å². The molecule has 9 rings (SSSR count). The third-order valence-electron chi connectivity index (χ3n) is 9.41. The van der Waals surface area contributed by atoms with Gasteiger partial charge in [0.15, 0.2) is 0 Å². The van der Waals surface area contributed by atoms with Gasteiger partial charge < -0.3 is 4.90 Å². The summed E-state index contributed by atoms with van der Waals surface area (Å²) in [6.45, 7) is 0. The Kier molecular flexibility index (Phi) is 6.54. The molecule has 1 heteroatoms. The number of hydrogen-bond donors (Lipinski definition) is 0. The smallest absolute Gasteiger partial charge is 0.0546 e. The molecule has 0 atom stereocenters. The van der Waals surface area contributed by atoms with Gasteiger partial charge in [0.2, 0.25) is 0 Å². The fourth-order valence-electron chi connectivity index (χ4n) is 7.08. The lowest BCUT2D eigenvalue weighted by Crippen LogP contribution is -2.10. The molecule has 0 N–H and O–H groups in total. The van der Waals surface area contributed by atoms with Crippen molar-refractivity contribution in [3.8, 4) is 22.3 Å². The summed E-state index contributed by atoms with van der Waals surface area (Å²) in [5, 5.41) is 10.1. The monoisotopic (exact) mass is 597 g/mol. The number of nitrogens with zero attached hydrogens (tertiary/aromatic N) is 1. The first-order valence-electron chi connectivity index (χ1n) is 16.2. The predicted octanol–water partition coefficient (Wildman–Crippen LogP) is 13.1. The molecule has 0 saturated heterocycles. The van der Waals surface area contributed by atoms with Crippen LogP contribution < -0.4 is 4.90 Å². The highest BCUT2D eigenvalue weighted by atomic mass is 15.1. The van der Waals surface area contributed by atoms with E-state index in [1.807, 2.05) is 0 Å². The average Bonchev–Trinajstić information content (AvgIpc) is 3.15. The number of anilines is 3. The van der Waals surface area contributed by atoms with Crippen LogP contribution >= 0.6 is 0 Å². The summed E-state index contributed by atoms with van der Waals surface area (Å²) in [6, 6.07) is 68.3. The van der Waals surface area contributed by atoms with E-state index in [9.17, 15) is 0 Å². The van der Waals surface area contributed by atoms with Crippen molar-refractivity contribution < 1.29 is 0 Å². The summed E-state index contributed by atoms with van der Waals surface area (Å²) < 4.78 is 0. The van der Waals surface area contributed by atoms with Crippen molar-refractivity contribution in [3.05, 3.63) is 188 Å². The van der Waals surface area contributed by atoms with Crippen molar-refractivity contribution in [1.82, 2.24) is 0 Å². The van der Waals surface area contributed by atoms with E-state index in [0.29, 0.717) is 0 Å². The quantitative estimate of drug-likeness (QED) is 0.178. The van der Waals surface area contributed by atoms with Crippen LogP contribution in [-0.2, 0) is 0 Å². The van der Waals surface area contributed by atoms with Gasteiger partial charge in [-0.1, -0.05) is 152 Å². The van der Waals surface area contributed by atoms with Crippen LogP contribution in [0.15, 0.2) is 188 Å². The highest BCUT2D eigenvalue weighted by Gasteiger charge is 2.18. The number of fused-ring (bicyclic) bond motifs is 6. The molecule has 1 nitrogen and oxygen atoms in total. The lowest BCUT2D eigenvalue weighted by molar-refractivity contribution is 1.30. The van der Waals surface area contributed by atoms with Crippen LogP contribution in [-0.4, -0.2) is 0 Å². The van der Waals surface area contributed by atoms with Crippen molar-refractivity contribution in [2.24, 2.45) is 0 Å². The Bertz CT molecular complexity index is 2550. The van der Waals surface area contributed by atoms with Crippen LogP contribution in [0.4, 0.5) is 17.1 Å². The molecule has 0 saturated carbocycles. The molecule has 9 aromatic rings. The Morgan fingerprint density at radius 1 is 0.277 bits per heavy atom. The summed E-state index contributed by atoms with van der Waals surface area (Å²) >= 11 is 0. The molecule has 220 valence electrons. The molecule has 0 aliphatic heterocycles. The zero-order valence-corrected chi connectivity index (χ0v) is 25.8. The first-order chi connectivity index (χ1) is 23.3. The fraction of sp³-hybridized carbons (Fsp3) is 0. The minimum Gasteiger partial charge on any atom is -0.310 e. The summed E-state index contributed by atoms with van der Waals surface area (Å²) in [5.74, 6) is 0. The van der Waals surface area contributed by atoms with Crippen LogP contribution in [0.1, 0.15) is 0 Å². The number of benzene rings is 9. The molecular weight excluding hydrogens is 567 g/mol. The predicted molar refractivity (Wildman–Crippen MR) is 202 cm³/mol. The molecule has 47 heavy (non-hydrogen) atoms. The second-order valence-corrected chi connectivity index (χ2v) is 12.2. The van der Waals surface area contributed by atoms with Gasteiger partial charge in [0.05, 0.1) is 5.69 Å². The first-order valence-corrected chi connectivity index (χ1v) is 16.2. The summed E-state index contributed by atoms with van der Waals surface area (Å²) in [5.41, 5.74) is 8.24. The lowest BCUT2D eigenvalue weighted by Gasteiger charge is -2.28. The van der Waals surface area contributed by atoms with Gasteiger partial charge in [-0.05, 0) is 96.4 Å². The Balaban J connectivity index is 1.23. The SMILES string of the molecule is c1ccc(-c2ccc(N(c3ccc(-c4ccc5ccccc5c4)cc3)c3cc4ccc5ccccc5c4c4ccccc34)cc2)cc1. The van der Waals surface area contributed by atoms with E-state index in [0.717, 1.165) is 17.1 Å². The maximum atomic E-state index is 2.41. The van der Waals surface area contributed by atoms with Crippen LogP contribution in [0.25, 0.3) is 65.3 Å². The molecule has 0 aliphatic rings.